The summed E-state index contributed by atoms with van der Waals surface area (Å²) in [6, 6.07) is 8.72. The van der Waals surface area contributed by atoms with Crippen LogP contribution in [0.3, 0.4) is 0 Å². The first-order chi connectivity index (χ1) is 13.0. The summed E-state index contributed by atoms with van der Waals surface area (Å²) < 4.78 is 26.7. The summed E-state index contributed by atoms with van der Waals surface area (Å²) in [4.78, 5) is 13.1. The van der Waals surface area contributed by atoms with Crippen LogP contribution in [0.5, 0.6) is 0 Å². The molecule has 0 saturated carbocycles. The van der Waals surface area contributed by atoms with E-state index in [1.807, 2.05) is 6.92 Å². The van der Waals surface area contributed by atoms with Crippen LogP contribution < -0.4 is 5.32 Å². The molecule has 0 aliphatic rings. The van der Waals surface area contributed by atoms with Crippen LogP contribution in [0.15, 0.2) is 60.2 Å². The SMILES string of the molecule is C=C/C=N\C=C(/C)c1nc(Nc2ccc(F)c(F)c2)c2ccc(Cl)cc2n1. The van der Waals surface area contributed by atoms with E-state index in [2.05, 4.69) is 26.9 Å². The number of allylic oxidation sites excluding steroid dienone is 2. The maximum atomic E-state index is 13.5. The molecule has 136 valence electrons. The van der Waals surface area contributed by atoms with Crippen molar-refractivity contribution in [1.29, 1.82) is 0 Å². The van der Waals surface area contributed by atoms with Crippen molar-refractivity contribution in [3.05, 3.63) is 77.7 Å². The zero-order valence-corrected chi connectivity index (χ0v) is 15.1. The van der Waals surface area contributed by atoms with Crippen LogP contribution in [0.1, 0.15) is 12.7 Å². The summed E-state index contributed by atoms with van der Waals surface area (Å²) in [6.45, 7) is 5.38. The van der Waals surface area contributed by atoms with Crippen LogP contribution in [0.4, 0.5) is 20.3 Å². The molecule has 0 aliphatic heterocycles. The zero-order chi connectivity index (χ0) is 19.4. The van der Waals surface area contributed by atoms with Crippen LogP contribution >= 0.6 is 11.6 Å². The lowest BCUT2D eigenvalue weighted by Crippen LogP contribution is -2.01. The van der Waals surface area contributed by atoms with E-state index in [-0.39, 0.29) is 0 Å². The first kappa shape index (κ1) is 18.7. The molecule has 1 aromatic heterocycles. The third-order valence-corrected chi connectivity index (χ3v) is 3.89. The minimum atomic E-state index is -0.948. The van der Waals surface area contributed by atoms with Gasteiger partial charge in [0.05, 0.1) is 5.52 Å². The molecule has 0 atom stereocenters. The van der Waals surface area contributed by atoms with E-state index < -0.39 is 11.6 Å². The maximum Gasteiger partial charge on any atom is 0.160 e. The molecule has 3 aromatic rings. The van der Waals surface area contributed by atoms with E-state index in [1.165, 1.54) is 6.07 Å². The second kappa shape index (κ2) is 8.05. The summed E-state index contributed by atoms with van der Waals surface area (Å²) in [5.74, 6) is -0.995. The van der Waals surface area contributed by atoms with Gasteiger partial charge in [0.15, 0.2) is 17.5 Å². The van der Waals surface area contributed by atoms with Crippen molar-refractivity contribution < 1.29 is 8.78 Å². The predicted octanol–water partition coefficient (Wildman–Crippen LogP) is 5.92. The Morgan fingerprint density at radius 3 is 2.70 bits per heavy atom. The van der Waals surface area contributed by atoms with Crippen LogP contribution in [-0.2, 0) is 0 Å². The quantitative estimate of drug-likeness (QED) is 0.555. The molecular weight excluding hydrogens is 370 g/mol. The van der Waals surface area contributed by atoms with Gasteiger partial charge in [-0.25, -0.2) is 18.7 Å². The molecule has 0 aliphatic carbocycles. The molecule has 27 heavy (non-hydrogen) atoms. The molecule has 0 amide bonds. The number of aliphatic imine (C=N–C) groups is 1. The van der Waals surface area contributed by atoms with E-state index in [1.54, 1.807) is 36.7 Å². The molecule has 0 spiro atoms. The summed E-state index contributed by atoms with van der Waals surface area (Å²) in [5, 5.41) is 4.23. The molecule has 0 unspecified atom stereocenters. The van der Waals surface area contributed by atoms with Gasteiger partial charge >= 0.3 is 0 Å². The number of aromatic nitrogens is 2. The second-order valence-electron chi connectivity index (χ2n) is 5.66. The monoisotopic (exact) mass is 384 g/mol. The molecule has 0 fully saturated rings. The van der Waals surface area contributed by atoms with Crippen molar-refractivity contribution >= 4 is 45.8 Å². The number of nitrogens with zero attached hydrogens (tertiary/aromatic N) is 3. The third-order valence-electron chi connectivity index (χ3n) is 3.65. The molecular formula is C20H15ClF2N4. The van der Waals surface area contributed by atoms with Crippen molar-refractivity contribution in [1.82, 2.24) is 9.97 Å². The molecule has 2 aromatic carbocycles. The number of fused-ring (bicyclic) bond motifs is 1. The van der Waals surface area contributed by atoms with Gasteiger partial charge in [0, 0.05) is 40.2 Å². The minimum absolute atomic E-state index is 0.362. The number of benzene rings is 2. The molecule has 0 saturated heterocycles. The Hall–Kier alpha value is -3.12. The standard InChI is InChI=1S/C20H15ClF2N4/c1-3-8-24-11-12(2)19-26-18-9-13(21)4-6-15(18)20(27-19)25-14-5-7-16(22)17(23)10-14/h3-11H,1H2,2H3,(H,25,26,27)/b12-11+,24-8-. The number of nitrogens with one attached hydrogen (secondary N) is 1. The van der Waals surface area contributed by atoms with E-state index in [0.29, 0.717) is 38.8 Å². The molecule has 7 heteroatoms. The summed E-state index contributed by atoms with van der Waals surface area (Å²) >= 11 is 6.08. The van der Waals surface area contributed by atoms with Gasteiger partial charge in [-0.2, -0.15) is 0 Å². The molecule has 0 bridgehead atoms. The minimum Gasteiger partial charge on any atom is -0.340 e. The first-order valence-electron chi connectivity index (χ1n) is 7.98. The van der Waals surface area contributed by atoms with Gasteiger partial charge in [0.25, 0.3) is 0 Å². The first-order valence-corrected chi connectivity index (χ1v) is 8.36. The second-order valence-corrected chi connectivity index (χ2v) is 6.09. The Morgan fingerprint density at radius 1 is 1.15 bits per heavy atom. The Morgan fingerprint density at radius 2 is 1.96 bits per heavy atom. The summed E-state index contributed by atoms with van der Waals surface area (Å²) in [5.41, 5.74) is 1.68. The highest BCUT2D eigenvalue weighted by atomic mass is 35.5. The third kappa shape index (κ3) is 4.35. The van der Waals surface area contributed by atoms with Crippen molar-refractivity contribution in [3.63, 3.8) is 0 Å². The topological polar surface area (TPSA) is 50.2 Å². The highest BCUT2D eigenvalue weighted by Crippen LogP contribution is 2.28. The number of rotatable bonds is 5. The highest BCUT2D eigenvalue weighted by Gasteiger charge is 2.11. The van der Waals surface area contributed by atoms with Gasteiger partial charge in [0.2, 0.25) is 0 Å². The van der Waals surface area contributed by atoms with E-state index in [0.717, 1.165) is 12.1 Å². The molecule has 4 nitrogen and oxygen atoms in total. The molecule has 1 N–H and O–H groups in total. The van der Waals surface area contributed by atoms with Crippen molar-refractivity contribution in [2.75, 3.05) is 5.32 Å². The number of halogens is 3. The predicted molar refractivity (Wildman–Crippen MR) is 107 cm³/mol. The van der Waals surface area contributed by atoms with E-state index in [4.69, 9.17) is 11.6 Å². The lowest BCUT2D eigenvalue weighted by molar-refractivity contribution is 0.509. The fraction of sp³-hybridized carbons (Fsp3) is 0.0500. The number of hydrogen-bond donors (Lipinski definition) is 1. The van der Waals surface area contributed by atoms with Gasteiger partial charge in [-0.05, 0) is 37.3 Å². The fourth-order valence-electron chi connectivity index (χ4n) is 2.36. The van der Waals surface area contributed by atoms with Crippen molar-refractivity contribution in [3.8, 4) is 0 Å². The van der Waals surface area contributed by atoms with Crippen LogP contribution in [0.2, 0.25) is 5.02 Å². The smallest absolute Gasteiger partial charge is 0.160 e. The summed E-state index contributed by atoms with van der Waals surface area (Å²) in [7, 11) is 0. The highest BCUT2D eigenvalue weighted by molar-refractivity contribution is 6.31. The van der Waals surface area contributed by atoms with Gasteiger partial charge in [-0.15, -0.1) is 0 Å². The fourth-order valence-corrected chi connectivity index (χ4v) is 2.52. The van der Waals surface area contributed by atoms with Crippen molar-refractivity contribution in [2.24, 2.45) is 4.99 Å². The van der Waals surface area contributed by atoms with Gasteiger partial charge in [-0.1, -0.05) is 24.3 Å². The van der Waals surface area contributed by atoms with E-state index >= 15 is 0 Å². The molecule has 0 radical (unpaired) electrons. The normalized spacial score (nSPS) is 11.9. The average Bonchev–Trinajstić information content (AvgIpc) is 2.64. The Balaban J connectivity index is 2.11. The van der Waals surface area contributed by atoms with Gasteiger partial charge < -0.3 is 5.32 Å². The Kier molecular flexibility index (Phi) is 5.57. The lowest BCUT2D eigenvalue weighted by atomic mass is 10.2. The molecule has 3 rings (SSSR count). The average molecular weight is 385 g/mol. The maximum absolute atomic E-state index is 13.5. The number of hydrogen-bond acceptors (Lipinski definition) is 4. The van der Waals surface area contributed by atoms with Gasteiger partial charge in [-0.3, -0.25) is 4.99 Å². The Labute approximate surface area is 159 Å². The molecule has 1 heterocycles. The van der Waals surface area contributed by atoms with Crippen molar-refractivity contribution in [2.45, 2.75) is 6.92 Å². The van der Waals surface area contributed by atoms with E-state index in [9.17, 15) is 8.78 Å². The zero-order valence-electron chi connectivity index (χ0n) is 14.4. The lowest BCUT2D eigenvalue weighted by Gasteiger charge is -2.11. The van der Waals surface area contributed by atoms with Crippen LogP contribution in [0.25, 0.3) is 16.5 Å². The Bertz CT molecular complexity index is 1080. The van der Waals surface area contributed by atoms with Crippen LogP contribution in [-0.4, -0.2) is 16.2 Å². The number of anilines is 2. The summed E-state index contributed by atoms with van der Waals surface area (Å²) in [6.07, 6.45) is 4.71. The van der Waals surface area contributed by atoms with Crippen LogP contribution in [0, 0.1) is 11.6 Å². The van der Waals surface area contributed by atoms with Gasteiger partial charge in [0.1, 0.15) is 5.82 Å². The largest absolute Gasteiger partial charge is 0.340 e.